The number of pyridine rings is 1. The summed E-state index contributed by atoms with van der Waals surface area (Å²) in [6.45, 7) is 2.11. The number of nitrogens with two attached hydrogens (primary N) is 1. The second-order valence-corrected chi connectivity index (χ2v) is 3.43. The van der Waals surface area contributed by atoms with Crippen LogP contribution in [0.3, 0.4) is 0 Å². The zero-order valence-corrected chi connectivity index (χ0v) is 8.95. The van der Waals surface area contributed by atoms with Crippen molar-refractivity contribution in [3.8, 4) is 5.75 Å². The summed E-state index contributed by atoms with van der Waals surface area (Å²) in [4.78, 5) is 4.18. The van der Waals surface area contributed by atoms with Crippen molar-refractivity contribution in [1.82, 2.24) is 4.98 Å². The van der Waals surface area contributed by atoms with Crippen molar-refractivity contribution in [2.75, 3.05) is 12.8 Å². The number of rotatable bonds is 2. The lowest BCUT2D eigenvalue weighted by Crippen LogP contribution is -1.95. The predicted octanol–water partition coefficient (Wildman–Crippen LogP) is 2.39. The zero-order chi connectivity index (χ0) is 10.8. The molecular formula is C12H14N2O. The fraction of sp³-hybridized carbons (Fsp3) is 0.250. The molecule has 0 saturated heterocycles. The van der Waals surface area contributed by atoms with E-state index in [0.717, 1.165) is 22.9 Å². The first-order valence-electron chi connectivity index (χ1n) is 4.97. The maximum atomic E-state index is 5.84. The van der Waals surface area contributed by atoms with E-state index in [9.17, 15) is 0 Å². The SMILES string of the molecule is CCc1cnc(N)c2cc(OC)ccc12. The zero-order valence-electron chi connectivity index (χ0n) is 8.95. The molecule has 1 aromatic heterocycles. The minimum atomic E-state index is 0.557. The van der Waals surface area contributed by atoms with E-state index >= 15 is 0 Å². The van der Waals surface area contributed by atoms with Gasteiger partial charge in [-0.05, 0) is 29.5 Å². The lowest BCUT2D eigenvalue weighted by atomic mass is 10.1. The third kappa shape index (κ3) is 1.61. The van der Waals surface area contributed by atoms with Crippen LogP contribution >= 0.6 is 0 Å². The van der Waals surface area contributed by atoms with Crippen LogP contribution in [-0.4, -0.2) is 12.1 Å². The van der Waals surface area contributed by atoms with Gasteiger partial charge in [-0.2, -0.15) is 0 Å². The maximum absolute atomic E-state index is 5.84. The first-order valence-corrected chi connectivity index (χ1v) is 4.97. The number of hydrogen-bond donors (Lipinski definition) is 1. The van der Waals surface area contributed by atoms with E-state index in [1.807, 2.05) is 24.4 Å². The van der Waals surface area contributed by atoms with Crippen molar-refractivity contribution >= 4 is 16.6 Å². The summed E-state index contributed by atoms with van der Waals surface area (Å²) in [5.41, 5.74) is 7.05. The fourth-order valence-electron chi connectivity index (χ4n) is 1.71. The molecule has 1 aromatic carbocycles. The fourth-order valence-corrected chi connectivity index (χ4v) is 1.71. The molecule has 1 heterocycles. The highest BCUT2D eigenvalue weighted by molar-refractivity contribution is 5.94. The van der Waals surface area contributed by atoms with Crippen LogP contribution in [0, 0.1) is 0 Å². The second kappa shape index (κ2) is 3.77. The highest BCUT2D eigenvalue weighted by Crippen LogP contribution is 2.27. The summed E-state index contributed by atoms with van der Waals surface area (Å²) in [7, 11) is 1.65. The Morgan fingerprint density at radius 2 is 2.13 bits per heavy atom. The standard InChI is InChI=1S/C12H14N2O/c1-3-8-7-14-12(13)11-6-9(15-2)4-5-10(8)11/h4-7H,3H2,1-2H3,(H2,13,14). The van der Waals surface area contributed by atoms with E-state index in [4.69, 9.17) is 10.5 Å². The van der Waals surface area contributed by atoms with Crippen molar-refractivity contribution in [2.24, 2.45) is 0 Å². The van der Waals surface area contributed by atoms with Crippen molar-refractivity contribution < 1.29 is 4.74 Å². The molecule has 0 radical (unpaired) electrons. The first kappa shape index (κ1) is 9.77. The summed E-state index contributed by atoms with van der Waals surface area (Å²) in [5, 5.41) is 2.12. The molecule has 78 valence electrons. The van der Waals surface area contributed by atoms with Gasteiger partial charge >= 0.3 is 0 Å². The van der Waals surface area contributed by atoms with E-state index in [1.165, 1.54) is 5.56 Å². The third-order valence-electron chi connectivity index (χ3n) is 2.59. The molecule has 0 spiro atoms. The Morgan fingerprint density at radius 1 is 1.33 bits per heavy atom. The Hall–Kier alpha value is -1.77. The minimum Gasteiger partial charge on any atom is -0.497 e. The van der Waals surface area contributed by atoms with E-state index in [1.54, 1.807) is 7.11 Å². The molecule has 0 amide bonds. The Kier molecular flexibility index (Phi) is 2.46. The average Bonchev–Trinajstić information content (AvgIpc) is 2.29. The minimum absolute atomic E-state index is 0.557. The van der Waals surface area contributed by atoms with Crippen molar-refractivity contribution in [1.29, 1.82) is 0 Å². The van der Waals surface area contributed by atoms with E-state index in [2.05, 4.69) is 11.9 Å². The molecule has 0 aliphatic rings. The van der Waals surface area contributed by atoms with Gasteiger partial charge in [-0.1, -0.05) is 13.0 Å². The Bertz CT molecular complexity index is 494. The van der Waals surface area contributed by atoms with Crippen LogP contribution in [0.15, 0.2) is 24.4 Å². The monoisotopic (exact) mass is 202 g/mol. The van der Waals surface area contributed by atoms with Gasteiger partial charge in [0.2, 0.25) is 0 Å². The number of hydrogen-bond acceptors (Lipinski definition) is 3. The number of anilines is 1. The van der Waals surface area contributed by atoms with E-state index in [0.29, 0.717) is 5.82 Å². The summed E-state index contributed by atoms with van der Waals surface area (Å²) in [6, 6.07) is 5.91. The lowest BCUT2D eigenvalue weighted by Gasteiger charge is -2.07. The quantitative estimate of drug-likeness (QED) is 0.813. The van der Waals surface area contributed by atoms with Crippen LogP contribution < -0.4 is 10.5 Å². The summed E-state index contributed by atoms with van der Waals surface area (Å²) < 4.78 is 5.17. The summed E-state index contributed by atoms with van der Waals surface area (Å²) in [5.74, 6) is 1.37. The van der Waals surface area contributed by atoms with Gasteiger partial charge in [0.25, 0.3) is 0 Å². The largest absolute Gasteiger partial charge is 0.497 e. The second-order valence-electron chi connectivity index (χ2n) is 3.43. The first-order chi connectivity index (χ1) is 7.26. The Balaban J connectivity index is 2.75. The van der Waals surface area contributed by atoms with E-state index < -0.39 is 0 Å². The number of nitrogens with zero attached hydrogens (tertiary/aromatic N) is 1. The van der Waals surface area contributed by atoms with Crippen molar-refractivity contribution in [3.63, 3.8) is 0 Å². The van der Waals surface area contributed by atoms with E-state index in [-0.39, 0.29) is 0 Å². The van der Waals surface area contributed by atoms with Gasteiger partial charge in [0.15, 0.2) is 0 Å². The van der Waals surface area contributed by atoms with Crippen molar-refractivity contribution in [2.45, 2.75) is 13.3 Å². The third-order valence-corrected chi connectivity index (χ3v) is 2.59. The maximum Gasteiger partial charge on any atom is 0.131 e. The highest BCUT2D eigenvalue weighted by atomic mass is 16.5. The lowest BCUT2D eigenvalue weighted by molar-refractivity contribution is 0.415. The van der Waals surface area contributed by atoms with Crippen LogP contribution in [0.2, 0.25) is 0 Å². The normalized spacial score (nSPS) is 10.5. The number of fused-ring (bicyclic) bond motifs is 1. The molecular weight excluding hydrogens is 188 g/mol. The van der Waals surface area contributed by atoms with Gasteiger partial charge < -0.3 is 10.5 Å². The van der Waals surface area contributed by atoms with Gasteiger partial charge in [-0.15, -0.1) is 0 Å². The Labute approximate surface area is 88.9 Å². The number of benzene rings is 1. The molecule has 3 heteroatoms. The van der Waals surface area contributed by atoms with Crippen LogP contribution in [0.1, 0.15) is 12.5 Å². The topological polar surface area (TPSA) is 48.1 Å². The van der Waals surface area contributed by atoms with Crippen LogP contribution in [0.25, 0.3) is 10.8 Å². The molecule has 2 aromatic rings. The molecule has 0 aliphatic carbocycles. The van der Waals surface area contributed by atoms with Crippen molar-refractivity contribution in [3.05, 3.63) is 30.0 Å². The molecule has 2 N–H and O–H groups in total. The molecule has 15 heavy (non-hydrogen) atoms. The molecule has 0 atom stereocenters. The van der Waals surface area contributed by atoms with Crippen LogP contribution in [0.5, 0.6) is 5.75 Å². The number of nitrogen functional groups attached to an aromatic ring is 1. The van der Waals surface area contributed by atoms with Crippen LogP contribution in [-0.2, 0) is 6.42 Å². The number of aromatic nitrogens is 1. The summed E-state index contributed by atoms with van der Waals surface area (Å²) >= 11 is 0. The van der Waals surface area contributed by atoms with Gasteiger partial charge in [-0.25, -0.2) is 4.98 Å². The number of ether oxygens (including phenoxy) is 1. The van der Waals surface area contributed by atoms with Crippen LogP contribution in [0.4, 0.5) is 5.82 Å². The predicted molar refractivity (Wildman–Crippen MR) is 62.1 cm³/mol. The molecule has 0 saturated carbocycles. The molecule has 2 rings (SSSR count). The summed E-state index contributed by atoms with van der Waals surface area (Å²) in [6.07, 6.45) is 2.79. The Morgan fingerprint density at radius 3 is 2.80 bits per heavy atom. The molecule has 0 bridgehead atoms. The number of aryl methyl sites for hydroxylation is 1. The van der Waals surface area contributed by atoms with Gasteiger partial charge in [0.05, 0.1) is 7.11 Å². The molecule has 3 nitrogen and oxygen atoms in total. The van der Waals surface area contributed by atoms with Gasteiger partial charge in [0.1, 0.15) is 11.6 Å². The molecule has 0 fully saturated rings. The number of methoxy groups -OCH3 is 1. The average molecular weight is 202 g/mol. The van der Waals surface area contributed by atoms with Gasteiger partial charge in [0, 0.05) is 11.6 Å². The van der Waals surface area contributed by atoms with Gasteiger partial charge in [-0.3, -0.25) is 0 Å². The molecule has 0 aliphatic heterocycles. The highest BCUT2D eigenvalue weighted by Gasteiger charge is 2.05. The molecule has 0 unspecified atom stereocenters. The smallest absolute Gasteiger partial charge is 0.131 e.